The topological polar surface area (TPSA) is 90.8 Å². The lowest BCUT2D eigenvalue weighted by molar-refractivity contribution is -0.129. The quantitative estimate of drug-likeness (QED) is 0.457. The summed E-state index contributed by atoms with van der Waals surface area (Å²) in [5.74, 6) is 0.109. The van der Waals surface area contributed by atoms with Gasteiger partial charge in [0.25, 0.3) is 5.91 Å². The molecule has 0 aliphatic carbocycles. The van der Waals surface area contributed by atoms with Crippen LogP contribution >= 0.6 is 11.6 Å². The SMILES string of the molecule is C=CC(=O)N1CCCCC(n2c(NC(=O)c3cccc(C)c3)nc3cc(N4CCN(C(C)=O)CC4)cc(Cl)c32)C1. The molecule has 9 nitrogen and oxygen atoms in total. The van der Waals surface area contributed by atoms with Crippen molar-refractivity contribution in [2.24, 2.45) is 0 Å². The van der Waals surface area contributed by atoms with Crippen molar-refractivity contribution < 1.29 is 14.4 Å². The molecule has 210 valence electrons. The lowest BCUT2D eigenvalue weighted by Gasteiger charge is -2.35. The molecule has 3 heterocycles. The first-order valence-corrected chi connectivity index (χ1v) is 14.1. The van der Waals surface area contributed by atoms with Crippen molar-refractivity contribution in [3.8, 4) is 0 Å². The molecule has 0 radical (unpaired) electrons. The Balaban J connectivity index is 1.55. The van der Waals surface area contributed by atoms with Crippen LogP contribution in [-0.2, 0) is 9.59 Å². The molecule has 1 atom stereocenters. The first-order chi connectivity index (χ1) is 19.2. The van der Waals surface area contributed by atoms with E-state index in [2.05, 4.69) is 16.8 Å². The number of carbonyl (C=O) groups excluding carboxylic acids is 3. The Morgan fingerprint density at radius 3 is 2.52 bits per heavy atom. The zero-order valence-electron chi connectivity index (χ0n) is 23.0. The van der Waals surface area contributed by atoms with Gasteiger partial charge in [-0.25, -0.2) is 4.98 Å². The number of aryl methyl sites for hydroxylation is 1. The van der Waals surface area contributed by atoms with Gasteiger partial charge in [0.2, 0.25) is 17.8 Å². The minimum absolute atomic E-state index is 0.0771. The summed E-state index contributed by atoms with van der Waals surface area (Å²) in [6.07, 6.45) is 3.97. The van der Waals surface area contributed by atoms with Crippen LogP contribution in [0.2, 0.25) is 5.02 Å². The van der Waals surface area contributed by atoms with Crippen LogP contribution in [0.3, 0.4) is 0 Å². The number of hydrogen-bond acceptors (Lipinski definition) is 5. The van der Waals surface area contributed by atoms with Gasteiger partial charge in [-0.3, -0.25) is 19.7 Å². The molecule has 10 heteroatoms. The molecule has 2 saturated heterocycles. The Morgan fingerprint density at radius 1 is 1.05 bits per heavy atom. The third-order valence-electron chi connectivity index (χ3n) is 7.82. The molecular formula is C30H35ClN6O3. The summed E-state index contributed by atoms with van der Waals surface area (Å²) in [6.45, 7) is 11.0. The van der Waals surface area contributed by atoms with Crippen molar-refractivity contribution >= 4 is 52.0 Å². The summed E-state index contributed by atoms with van der Waals surface area (Å²) in [7, 11) is 0. The standard InChI is InChI=1S/C30H35ClN6O3/c1-4-27(39)36-11-6-5-10-23(19-36)37-28-25(31)17-24(35-14-12-34(13-15-35)21(3)38)18-26(28)32-30(37)33-29(40)22-9-7-8-20(2)16-22/h4,7-9,16-18,23H,1,5-6,10-15,19H2,2-3H3,(H,32,33,40). The van der Waals surface area contributed by atoms with Crippen molar-refractivity contribution in [2.75, 3.05) is 49.5 Å². The maximum absolute atomic E-state index is 13.3. The number of piperazine rings is 1. The van der Waals surface area contributed by atoms with E-state index in [0.717, 1.165) is 36.0 Å². The highest BCUT2D eigenvalue weighted by Crippen LogP contribution is 2.37. The minimum atomic E-state index is -0.260. The highest BCUT2D eigenvalue weighted by molar-refractivity contribution is 6.35. The van der Waals surface area contributed by atoms with Crippen molar-refractivity contribution in [1.29, 1.82) is 0 Å². The molecule has 5 rings (SSSR count). The lowest BCUT2D eigenvalue weighted by atomic mass is 10.1. The molecule has 2 fully saturated rings. The van der Waals surface area contributed by atoms with Crippen LogP contribution in [0.1, 0.15) is 48.1 Å². The number of rotatable bonds is 5. The first kappa shape index (κ1) is 27.7. The average Bonchev–Trinajstić information content (AvgIpc) is 3.13. The lowest BCUT2D eigenvalue weighted by Crippen LogP contribution is -2.48. The summed E-state index contributed by atoms with van der Waals surface area (Å²) < 4.78 is 2.00. The number of anilines is 2. The van der Waals surface area contributed by atoms with Gasteiger partial charge in [-0.15, -0.1) is 0 Å². The van der Waals surface area contributed by atoms with Gasteiger partial charge < -0.3 is 19.3 Å². The molecule has 1 aromatic heterocycles. The van der Waals surface area contributed by atoms with Gasteiger partial charge in [-0.05, 0) is 56.5 Å². The molecule has 0 bridgehead atoms. The summed E-state index contributed by atoms with van der Waals surface area (Å²) in [5.41, 5.74) is 3.84. The van der Waals surface area contributed by atoms with E-state index in [4.69, 9.17) is 16.6 Å². The highest BCUT2D eigenvalue weighted by Gasteiger charge is 2.28. The summed E-state index contributed by atoms with van der Waals surface area (Å²) in [5, 5.41) is 3.56. The third-order valence-corrected chi connectivity index (χ3v) is 8.11. The average molecular weight is 563 g/mol. The number of amides is 3. The Labute approximate surface area is 239 Å². The highest BCUT2D eigenvalue weighted by atomic mass is 35.5. The molecule has 3 amide bonds. The number of carbonyl (C=O) groups is 3. The second kappa shape index (κ2) is 11.7. The van der Waals surface area contributed by atoms with Gasteiger partial charge in [-0.1, -0.05) is 35.9 Å². The number of fused-ring (bicyclic) bond motifs is 1. The number of imidazole rings is 1. The zero-order valence-corrected chi connectivity index (χ0v) is 23.8. The van der Waals surface area contributed by atoms with Gasteiger partial charge in [-0.2, -0.15) is 0 Å². The number of hydrogen-bond donors (Lipinski definition) is 1. The van der Waals surface area contributed by atoms with Crippen LogP contribution in [0.25, 0.3) is 11.0 Å². The van der Waals surface area contributed by atoms with E-state index < -0.39 is 0 Å². The molecule has 1 unspecified atom stereocenters. The van der Waals surface area contributed by atoms with E-state index in [1.54, 1.807) is 17.9 Å². The molecule has 1 N–H and O–H groups in total. The predicted molar refractivity (Wildman–Crippen MR) is 158 cm³/mol. The number of halogens is 1. The monoisotopic (exact) mass is 562 g/mol. The number of nitrogens with zero attached hydrogens (tertiary/aromatic N) is 5. The normalized spacial score (nSPS) is 18.0. The summed E-state index contributed by atoms with van der Waals surface area (Å²) in [6, 6.07) is 11.2. The fourth-order valence-corrected chi connectivity index (χ4v) is 5.99. The maximum atomic E-state index is 13.3. The molecular weight excluding hydrogens is 528 g/mol. The minimum Gasteiger partial charge on any atom is -0.368 e. The maximum Gasteiger partial charge on any atom is 0.257 e. The number of likely N-dealkylation sites (tertiary alicyclic amines) is 1. The van der Waals surface area contributed by atoms with Gasteiger partial charge in [0.1, 0.15) is 0 Å². The van der Waals surface area contributed by atoms with Crippen molar-refractivity contribution in [3.05, 3.63) is 65.2 Å². The van der Waals surface area contributed by atoms with E-state index in [1.807, 2.05) is 46.7 Å². The number of benzene rings is 2. The predicted octanol–water partition coefficient (Wildman–Crippen LogP) is 4.66. The first-order valence-electron chi connectivity index (χ1n) is 13.8. The Morgan fingerprint density at radius 2 is 1.82 bits per heavy atom. The second-order valence-corrected chi connectivity index (χ2v) is 11.0. The fraction of sp³-hybridized carbons (Fsp3) is 0.400. The van der Waals surface area contributed by atoms with Gasteiger partial charge >= 0.3 is 0 Å². The molecule has 2 aliphatic heterocycles. The molecule has 0 saturated carbocycles. The Bertz CT molecular complexity index is 1460. The summed E-state index contributed by atoms with van der Waals surface area (Å²) in [4.78, 5) is 48.4. The van der Waals surface area contributed by atoms with Crippen LogP contribution in [0, 0.1) is 6.92 Å². The van der Waals surface area contributed by atoms with Crippen LogP contribution in [0.5, 0.6) is 0 Å². The van der Waals surface area contributed by atoms with Crippen molar-refractivity contribution in [3.63, 3.8) is 0 Å². The van der Waals surface area contributed by atoms with E-state index in [1.165, 1.54) is 6.08 Å². The van der Waals surface area contributed by atoms with Crippen LogP contribution in [-0.4, -0.2) is 76.3 Å². The van der Waals surface area contributed by atoms with Gasteiger partial charge in [0.05, 0.1) is 22.1 Å². The fourth-order valence-electron chi connectivity index (χ4n) is 5.69. The largest absolute Gasteiger partial charge is 0.368 e. The molecule has 40 heavy (non-hydrogen) atoms. The van der Waals surface area contributed by atoms with Crippen LogP contribution in [0.4, 0.5) is 11.6 Å². The molecule has 0 spiro atoms. The number of nitrogens with one attached hydrogen (secondary N) is 1. The molecule has 2 aromatic carbocycles. The van der Waals surface area contributed by atoms with E-state index >= 15 is 0 Å². The smallest absolute Gasteiger partial charge is 0.257 e. The van der Waals surface area contributed by atoms with Gasteiger partial charge in [0, 0.05) is 57.4 Å². The summed E-state index contributed by atoms with van der Waals surface area (Å²) >= 11 is 6.98. The van der Waals surface area contributed by atoms with E-state index in [0.29, 0.717) is 61.3 Å². The van der Waals surface area contributed by atoms with E-state index in [9.17, 15) is 14.4 Å². The van der Waals surface area contributed by atoms with Crippen molar-refractivity contribution in [2.45, 2.75) is 39.2 Å². The van der Waals surface area contributed by atoms with Crippen molar-refractivity contribution in [1.82, 2.24) is 19.4 Å². The van der Waals surface area contributed by atoms with Gasteiger partial charge in [0.15, 0.2) is 0 Å². The second-order valence-electron chi connectivity index (χ2n) is 10.6. The third kappa shape index (κ3) is 5.70. The van der Waals surface area contributed by atoms with Crippen LogP contribution in [0.15, 0.2) is 49.1 Å². The number of aromatic nitrogens is 2. The molecule has 2 aliphatic rings. The van der Waals surface area contributed by atoms with Crippen LogP contribution < -0.4 is 10.2 Å². The van der Waals surface area contributed by atoms with E-state index in [-0.39, 0.29) is 23.8 Å². The Hall–Kier alpha value is -3.85. The molecule has 3 aromatic rings. The zero-order chi connectivity index (χ0) is 28.4. The Kier molecular flexibility index (Phi) is 8.12.